The minimum absolute atomic E-state index is 0.0625. The van der Waals surface area contributed by atoms with Crippen molar-refractivity contribution >= 4 is 0 Å². The zero-order chi connectivity index (χ0) is 6.57. The topological polar surface area (TPSA) is 60.7 Å². The molecule has 0 aromatic carbocycles. The first-order valence-electron chi connectivity index (χ1n) is 2.48. The fourth-order valence-corrected chi connectivity index (χ4v) is 0.261. The maximum absolute atomic E-state index is 8.63. The molecule has 1 radical (unpaired) electrons. The lowest BCUT2D eigenvalue weighted by Crippen LogP contribution is -2.15. The first-order chi connectivity index (χ1) is 3.72. The second-order valence-corrected chi connectivity index (χ2v) is 1.73. The van der Waals surface area contributed by atoms with Crippen molar-refractivity contribution in [3.8, 4) is 0 Å². The van der Waals surface area contributed by atoms with Crippen LogP contribution in [0, 0.1) is 12.0 Å². The van der Waals surface area contributed by atoms with Crippen molar-refractivity contribution in [2.75, 3.05) is 13.2 Å². The van der Waals surface area contributed by atoms with Gasteiger partial charge >= 0.3 is 0 Å². The van der Waals surface area contributed by atoms with Crippen LogP contribution in [0.4, 0.5) is 0 Å². The average Bonchev–Trinajstić information content (AvgIpc) is 1.84. The SMILES string of the molecule is CC(CO)[C](O)CO. The molecule has 49 valence electrons. The monoisotopic (exact) mass is 119 g/mol. The second-order valence-electron chi connectivity index (χ2n) is 1.73. The summed E-state index contributed by atoms with van der Waals surface area (Å²) in [5.41, 5.74) is 0. The molecular weight excluding hydrogens is 108 g/mol. The lowest BCUT2D eigenvalue weighted by molar-refractivity contribution is 0.113. The molecule has 0 saturated heterocycles. The van der Waals surface area contributed by atoms with Gasteiger partial charge in [-0.1, -0.05) is 6.92 Å². The van der Waals surface area contributed by atoms with Crippen molar-refractivity contribution in [2.24, 2.45) is 5.92 Å². The van der Waals surface area contributed by atoms with E-state index in [9.17, 15) is 0 Å². The van der Waals surface area contributed by atoms with E-state index in [0.717, 1.165) is 0 Å². The summed E-state index contributed by atoms with van der Waals surface area (Å²) in [7, 11) is 0. The molecule has 3 heteroatoms. The molecule has 0 aliphatic heterocycles. The Kier molecular flexibility index (Phi) is 3.77. The molecule has 3 N–H and O–H groups in total. The Labute approximate surface area is 48.6 Å². The third-order valence-electron chi connectivity index (χ3n) is 1.00. The number of aliphatic hydroxyl groups is 3. The maximum atomic E-state index is 8.63. The maximum Gasteiger partial charge on any atom is 0.123 e. The van der Waals surface area contributed by atoms with Gasteiger partial charge in [0.15, 0.2) is 0 Å². The zero-order valence-electron chi connectivity index (χ0n) is 4.83. The highest BCUT2D eigenvalue weighted by molar-refractivity contribution is 4.79. The molecular formula is C5H11O3. The Balaban J connectivity index is 3.29. The molecule has 0 bridgehead atoms. The second kappa shape index (κ2) is 3.83. The smallest absolute Gasteiger partial charge is 0.123 e. The summed E-state index contributed by atoms with van der Waals surface area (Å²) >= 11 is 0. The third kappa shape index (κ3) is 2.26. The van der Waals surface area contributed by atoms with Gasteiger partial charge in [0, 0.05) is 12.5 Å². The van der Waals surface area contributed by atoms with Crippen LogP contribution in [0.3, 0.4) is 0 Å². The van der Waals surface area contributed by atoms with Gasteiger partial charge in [0.05, 0.1) is 6.61 Å². The van der Waals surface area contributed by atoms with Gasteiger partial charge in [-0.05, 0) is 0 Å². The first-order valence-corrected chi connectivity index (χ1v) is 2.48. The summed E-state index contributed by atoms with van der Waals surface area (Å²) in [4.78, 5) is 0. The third-order valence-corrected chi connectivity index (χ3v) is 1.00. The molecule has 3 nitrogen and oxygen atoms in total. The van der Waals surface area contributed by atoms with Crippen LogP contribution in [0.15, 0.2) is 0 Å². The molecule has 1 unspecified atom stereocenters. The molecule has 0 aliphatic carbocycles. The summed E-state index contributed by atoms with van der Waals surface area (Å²) < 4.78 is 0. The number of hydrogen-bond donors (Lipinski definition) is 3. The van der Waals surface area contributed by atoms with Gasteiger partial charge in [-0.15, -0.1) is 0 Å². The molecule has 0 spiro atoms. The van der Waals surface area contributed by atoms with Gasteiger partial charge in [0.2, 0.25) is 0 Å². The fraction of sp³-hybridized carbons (Fsp3) is 0.800. The number of hydrogen-bond acceptors (Lipinski definition) is 3. The molecule has 0 aliphatic rings. The van der Waals surface area contributed by atoms with Crippen LogP contribution in [-0.4, -0.2) is 28.5 Å². The molecule has 1 atom stereocenters. The molecule has 0 heterocycles. The lowest BCUT2D eigenvalue weighted by atomic mass is 10.1. The molecule has 0 aromatic rings. The van der Waals surface area contributed by atoms with Gasteiger partial charge in [0.25, 0.3) is 0 Å². The van der Waals surface area contributed by atoms with Gasteiger partial charge in [-0.3, -0.25) is 0 Å². The van der Waals surface area contributed by atoms with Crippen LogP contribution in [0.5, 0.6) is 0 Å². The van der Waals surface area contributed by atoms with Crippen LogP contribution >= 0.6 is 0 Å². The van der Waals surface area contributed by atoms with Crippen molar-refractivity contribution in [1.29, 1.82) is 0 Å². The highest BCUT2D eigenvalue weighted by Gasteiger charge is 2.11. The van der Waals surface area contributed by atoms with Crippen molar-refractivity contribution in [1.82, 2.24) is 0 Å². The standard InChI is InChI=1S/C5H11O3/c1-4(2-6)5(8)3-7/h4,6-8H,2-3H2,1H3. The predicted molar refractivity (Wildman–Crippen MR) is 28.5 cm³/mol. The Hall–Kier alpha value is -0.120. The van der Waals surface area contributed by atoms with E-state index in [-0.39, 0.29) is 25.2 Å². The van der Waals surface area contributed by atoms with Crippen LogP contribution in [0.25, 0.3) is 0 Å². The largest absolute Gasteiger partial charge is 0.396 e. The number of aliphatic hydroxyl groups excluding tert-OH is 3. The Morgan fingerprint density at radius 3 is 2.12 bits per heavy atom. The average molecular weight is 119 g/mol. The molecule has 0 rings (SSSR count). The quantitative estimate of drug-likeness (QED) is 0.470. The molecule has 8 heavy (non-hydrogen) atoms. The predicted octanol–water partition coefficient (Wildman–Crippen LogP) is -0.488. The van der Waals surface area contributed by atoms with Gasteiger partial charge < -0.3 is 15.3 Å². The van der Waals surface area contributed by atoms with Crippen LogP contribution in [0.1, 0.15) is 6.92 Å². The molecule has 0 fully saturated rings. The molecule has 0 saturated carbocycles. The van der Waals surface area contributed by atoms with Crippen LogP contribution in [-0.2, 0) is 0 Å². The van der Waals surface area contributed by atoms with E-state index in [0.29, 0.717) is 0 Å². The summed E-state index contributed by atoms with van der Waals surface area (Å²) in [6.07, 6.45) is -0.0625. The van der Waals surface area contributed by atoms with Crippen LogP contribution in [0.2, 0.25) is 0 Å². The molecule has 0 aromatic heterocycles. The Morgan fingerprint density at radius 1 is 1.50 bits per heavy atom. The normalized spacial score (nSPS) is 14.6. The lowest BCUT2D eigenvalue weighted by Gasteiger charge is -2.10. The van der Waals surface area contributed by atoms with Crippen molar-refractivity contribution in [3.05, 3.63) is 6.10 Å². The highest BCUT2D eigenvalue weighted by Crippen LogP contribution is 2.06. The Morgan fingerprint density at radius 2 is 2.00 bits per heavy atom. The van der Waals surface area contributed by atoms with E-state index in [4.69, 9.17) is 15.3 Å². The fourth-order valence-electron chi connectivity index (χ4n) is 0.261. The van der Waals surface area contributed by atoms with Gasteiger partial charge in [-0.25, -0.2) is 0 Å². The van der Waals surface area contributed by atoms with Crippen molar-refractivity contribution in [2.45, 2.75) is 6.92 Å². The summed E-state index contributed by atoms with van der Waals surface area (Å²) in [5.74, 6) is -0.306. The van der Waals surface area contributed by atoms with Crippen molar-refractivity contribution in [3.63, 3.8) is 0 Å². The van der Waals surface area contributed by atoms with Gasteiger partial charge in [0.1, 0.15) is 6.10 Å². The molecule has 0 amide bonds. The van der Waals surface area contributed by atoms with Crippen molar-refractivity contribution < 1.29 is 15.3 Å². The van der Waals surface area contributed by atoms with Gasteiger partial charge in [-0.2, -0.15) is 0 Å². The Bertz CT molecular complexity index is 47.6. The zero-order valence-corrected chi connectivity index (χ0v) is 4.83. The van der Waals surface area contributed by atoms with E-state index in [1.165, 1.54) is 0 Å². The van der Waals surface area contributed by atoms with E-state index in [1.807, 2.05) is 0 Å². The van der Waals surface area contributed by atoms with E-state index < -0.39 is 0 Å². The number of rotatable bonds is 3. The highest BCUT2D eigenvalue weighted by atomic mass is 16.3. The summed E-state index contributed by atoms with van der Waals surface area (Å²) in [5, 5.41) is 25.2. The van der Waals surface area contributed by atoms with E-state index in [1.54, 1.807) is 6.92 Å². The van der Waals surface area contributed by atoms with E-state index in [2.05, 4.69) is 0 Å². The first kappa shape index (κ1) is 7.88. The van der Waals surface area contributed by atoms with Crippen LogP contribution < -0.4 is 0 Å². The minimum Gasteiger partial charge on any atom is -0.396 e. The summed E-state index contributed by atoms with van der Waals surface area (Å²) in [6, 6.07) is 0. The minimum atomic E-state index is -0.359. The van der Waals surface area contributed by atoms with E-state index >= 15 is 0 Å². The summed E-state index contributed by atoms with van der Waals surface area (Å²) in [6.45, 7) is 1.15.